The molecule has 0 aliphatic carbocycles. The van der Waals surface area contributed by atoms with Crippen LogP contribution in [0.3, 0.4) is 0 Å². The molecule has 0 fully saturated rings. The number of nitrogens with zero attached hydrogens (tertiary/aromatic N) is 1. The molecule has 0 saturated heterocycles. The van der Waals surface area contributed by atoms with Gasteiger partial charge in [0.1, 0.15) is 28.1 Å². The molecule has 1 heterocycles. The van der Waals surface area contributed by atoms with Crippen LogP contribution in [-0.2, 0) is 10.0 Å². The molecule has 10 heteroatoms. The Morgan fingerprint density at radius 3 is 2.55 bits per heavy atom. The first kappa shape index (κ1) is 20.5. The molecular weight excluding hydrogens is 404 g/mol. The van der Waals surface area contributed by atoms with Crippen LogP contribution in [0.4, 0.5) is 8.78 Å². The Kier molecular flexibility index (Phi) is 5.38. The van der Waals surface area contributed by atoms with Gasteiger partial charge in [0.15, 0.2) is 5.69 Å². The number of aryl methyl sites for hydroxylation is 2. The van der Waals surface area contributed by atoms with E-state index in [1.807, 2.05) is 0 Å². The van der Waals surface area contributed by atoms with Crippen molar-refractivity contribution in [2.75, 3.05) is 7.11 Å². The van der Waals surface area contributed by atoms with Gasteiger partial charge in [-0.1, -0.05) is 12.1 Å². The van der Waals surface area contributed by atoms with Crippen LogP contribution in [0.1, 0.15) is 21.7 Å². The zero-order valence-corrected chi connectivity index (χ0v) is 16.5. The molecule has 152 valence electrons. The van der Waals surface area contributed by atoms with Crippen LogP contribution < -0.4 is 9.46 Å². The monoisotopic (exact) mass is 421 g/mol. The summed E-state index contributed by atoms with van der Waals surface area (Å²) in [6.45, 7) is 2.82. The number of aromatic nitrogens is 2. The summed E-state index contributed by atoms with van der Waals surface area (Å²) in [5.41, 5.74) is 0.658. The van der Waals surface area contributed by atoms with E-state index in [9.17, 15) is 22.0 Å². The van der Waals surface area contributed by atoms with E-state index in [2.05, 4.69) is 9.97 Å². The van der Waals surface area contributed by atoms with Gasteiger partial charge in [0, 0.05) is 11.3 Å². The van der Waals surface area contributed by atoms with Gasteiger partial charge in [0.2, 0.25) is 0 Å². The maximum absolute atomic E-state index is 14.0. The first-order chi connectivity index (χ1) is 13.6. The molecule has 0 atom stereocenters. The minimum absolute atomic E-state index is 0.0566. The van der Waals surface area contributed by atoms with Gasteiger partial charge in [-0.25, -0.2) is 26.9 Å². The van der Waals surface area contributed by atoms with E-state index in [1.165, 1.54) is 21.0 Å². The largest absolute Gasteiger partial charge is 0.497 e. The van der Waals surface area contributed by atoms with Gasteiger partial charge >= 0.3 is 0 Å². The molecular formula is C19H17F2N3O4S. The number of hydrogen-bond donors (Lipinski definition) is 2. The van der Waals surface area contributed by atoms with Crippen LogP contribution in [0.15, 0.2) is 41.3 Å². The fraction of sp³-hybridized carbons (Fsp3) is 0.158. The molecule has 0 aliphatic heterocycles. The number of amides is 1. The summed E-state index contributed by atoms with van der Waals surface area (Å²) in [5, 5.41) is 0. The number of methoxy groups -OCH3 is 1. The molecule has 0 spiro atoms. The Morgan fingerprint density at radius 2 is 1.86 bits per heavy atom. The first-order valence-electron chi connectivity index (χ1n) is 8.36. The van der Waals surface area contributed by atoms with Crippen molar-refractivity contribution in [2.24, 2.45) is 0 Å². The van der Waals surface area contributed by atoms with Crippen molar-refractivity contribution in [1.29, 1.82) is 0 Å². The zero-order valence-electron chi connectivity index (χ0n) is 15.7. The minimum atomic E-state index is -4.65. The number of benzene rings is 2. The number of ether oxygens (including phenoxy) is 1. The summed E-state index contributed by atoms with van der Waals surface area (Å²) in [6, 6.07) is 8.14. The van der Waals surface area contributed by atoms with E-state index in [-0.39, 0.29) is 11.3 Å². The van der Waals surface area contributed by atoms with Crippen molar-refractivity contribution in [1.82, 2.24) is 14.7 Å². The molecule has 1 aromatic heterocycles. The SMILES string of the molecule is COc1cccc(-c2nc(C(=O)NS(=O)(=O)c3cc(F)c(C)cc3F)c(C)[nH]2)c1. The molecule has 2 N–H and O–H groups in total. The van der Waals surface area contributed by atoms with E-state index >= 15 is 0 Å². The summed E-state index contributed by atoms with van der Waals surface area (Å²) in [4.78, 5) is 18.5. The topological polar surface area (TPSA) is 101 Å². The number of nitrogens with one attached hydrogen (secondary N) is 2. The highest BCUT2D eigenvalue weighted by Crippen LogP contribution is 2.23. The quantitative estimate of drug-likeness (QED) is 0.659. The average Bonchev–Trinajstić information content (AvgIpc) is 3.06. The van der Waals surface area contributed by atoms with E-state index in [4.69, 9.17) is 4.74 Å². The van der Waals surface area contributed by atoms with Crippen molar-refractivity contribution < 1.29 is 26.7 Å². The van der Waals surface area contributed by atoms with E-state index < -0.39 is 32.5 Å². The maximum Gasteiger partial charge on any atom is 0.285 e. The molecule has 29 heavy (non-hydrogen) atoms. The predicted octanol–water partition coefficient (Wildman–Crippen LogP) is 3.10. The van der Waals surface area contributed by atoms with Crippen molar-refractivity contribution in [3.63, 3.8) is 0 Å². The fourth-order valence-corrected chi connectivity index (χ4v) is 3.67. The van der Waals surface area contributed by atoms with E-state index in [0.29, 0.717) is 28.9 Å². The summed E-state index contributed by atoms with van der Waals surface area (Å²) >= 11 is 0. The maximum atomic E-state index is 14.0. The van der Waals surface area contributed by atoms with Crippen LogP contribution in [0.2, 0.25) is 0 Å². The Bertz CT molecular complexity index is 1210. The number of halogens is 2. The molecule has 7 nitrogen and oxygen atoms in total. The Labute approximate surface area is 165 Å². The summed E-state index contributed by atoms with van der Waals surface area (Å²) in [5.74, 6) is -2.26. The third kappa shape index (κ3) is 4.11. The van der Waals surface area contributed by atoms with Gasteiger partial charge in [-0.3, -0.25) is 4.79 Å². The van der Waals surface area contributed by atoms with Crippen LogP contribution in [0.5, 0.6) is 5.75 Å². The smallest absolute Gasteiger partial charge is 0.285 e. The number of hydrogen-bond acceptors (Lipinski definition) is 5. The highest BCUT2D eigenvalue weighted by Gasteiger charge is 2.26. The summed E-state index contributed by atoms with van der Waals surface area (Å²) in [7, 11) is -3.15. The van der Waals surface area contributed by atoms with Gasteiger partial charge in [-0.15, -0.1) is 0 Å². The highest BCUT2D eigenvalue weighted by atomic mass is 32.2. The number of aromatic amines is 1. The Hall–Kier alpha value is -3.27. The van der Waals surface area contributed by atoms with Crippen molar-refractivity contribution in [3.05, 3.63) is 65.0 Å². The van der Waals surface area contributed by atoms with Crippen LogP contribution in [0, 0.1) is 25.5 Å². The molecule has 0 saturated carbocycles. The predicted molar refractivity (Wildman–Crippen MR) is 101 cm³/mol. The Morgan fingerprint density at radius 1 is 1.14 bits per heavy atom. The molecule has 1 amide bonds. The van der Waals surface area contributed by atoms with Gasteiger partial charge < -0.3 is 9.72 Å². The molecule has 2 aromatic carbocycles. The molecule has 3 aromatic rings. The van der Waals surface area contributed by atoms with Crippen molar-refractivity contribution in [2.45, 2.75) is 18.7 Å². The highest BCUT2D eigenvalue weighted by molar-refractivity contribution is 7.90. The van der Waals surface area contributed by atoms with Gasteiger partial charge in [0.05, 0.1) is 7.11 Å². The lowest BCUT2D eigenvalue weighted by Gasteiger charge is -2.08. The lowest BCUT2D eigenvalue weighted by Crippen LogP contribution is -2.32. The van der Waals surface area contributed by atoms with E-state index in [1.54, 1.807) is 29.0 Å². The second-order valence-corrected chi connectivity index (χ2v) is 7.91. The molecule has 0 radical (unpaired) electrons. The van der Waals surface area contributed by atoms with Crippen LogP contribution in [0.25, 0.3) is 11.4 Å². The van der Waals surface area contributed by atoms with Crippen LogP contribution in [-0.4, -0.2) is 31.4 Å². The molecule has 0 aliphatic rings. The number of imidazole rings is 1. The van der Waals surface area contributed by atoms with Gasteiger partial charge in [0.25, 0.3) is 15.9 Å². The third-order valence-electron chi connectivity index (χ3n) is 4.17. The average molecular weight is 421 g/mol. The number of carbonyl (C=O) groups excluding carboxylic acids is 1. The fourth-order valence-electron chi connectivity index (χ4n) is 2.65. The Balaban J connectivity index is 1.91. The minimum Gasteiger partial charge on any atom is -0.497 e. The number of carbonyl (C=O) groups is 1. The second-order valence-electron chi connectivity index (χ2n) is 6.26. The lowest BCUT2D eigenvalue weighted by molar-refractivity contribution is 0.0976. The molecule has 0 bridgehead atoms. The van der Waals surface area contributed by atoms with Gasteiger partial charge in [-0.05, 0) is 43.7 Å². The van der Waals surface area contributed by atoms with Crippen LogP contribution >= 0.6 is 0 Å². The van der Waals surface area contributed by atoms with E-state index in [0.717, 1.165) is 6.07 Å². The van der Waals surface area contributed by atoms with Crippen molar-refractivity contribution >= 4 is 15.9 Å². The summed E-state index contributed by atoms with van der Waals surface area (Å²) in [6.07, 6.45) is 0. The second kappa shape index (κ2) is 7.63. The number of H-pyrrole nitrogens is 1. The lowest BCUT2D eigenvalue weighted by atomic mass is 10.2. The molecule has 0 unspecified atom stereocenters. The molecule has 3 rings (SSSR count). The van der Waals surface area contributed by atoms with Crippen molar-refractivity contribution in [3.8, 4) is 17.1 Å². The summed E-state index contributed by atoms with van der Waals surface area (Å²) < 4.78 is 59.3. The normalized spacial score (nSPS) is 11.3. The van der Waals surface area contributed by atoms with Gasteiger partial charge in [-0.2, -0.15) is 0 Å². The number of rotatable bonds is 5. The first-order valence-corrected chi connectivity index (χ1v) is 9.84. The third-order valence-corrected chi connectivity index (χ3v) is 5.52. The zero-order chi connectivity index (χ0) is 21.3. The standard InChI is InChI=1S/C19H17F2N3O4S/c1-10-7-15(21)16(9-14(10)20)29(26,27)24-19(25)17-11(2)22-18(23-17)12-5-4-6-13(8-12)28-3/h4-9H,1-3H3,(H,22,23)(H,24,25). The number of sulfonamides is 1.